The number of halogens is 1. The van der Waals surface area contributed by atoms with E-state index >= 15 is 0 Å². The van der Waals surface area contributed by atoms with Crippen molar-refractivity contribution in [3.63, 3.8) is 0 Å². The zero-order chi connectivity index (χ0) is 18.7. The molecule has 0 aromatic carbocycles. The summed E-state index contributed by atoms with van der Waals surface area (Å²) in [5.74, 6) is -1.19. The van der Waals surface area contributed by atoms with E-state index < -0.39 is 11.9 Å². The van der Waals surface area contributed by atoms with E-state index in [4.69, 9.17) is 9.47 Å². The lowest BCUT2D eigenvalue weighted by Gasteiger charge is -2.32. The van der Waals surface area contributed by atoms with Gasteiger partial charge in [-0.1, -0.05) is 0 Å². The molecule has 7 nitrogen and oxygen atoms in total. The molecule has 1 saturated heterocycles. The van der Waals surface area contributed by atoms with Gasteiger partial charge in [-0.05, 0) is 45.1 Å². The van der Waals surface area contributed by atoms with Crippen LogP contribution >= 0.6 is 0 Å². The molecular weight excluding hydrogens is 339 g/mol. The molecule has 2 aromatic rings. The molecule has 1 fully saturated rings. The Labute approximate surface area is 152 Å². The lowest BCUT2D eigenvalue weighted by molar-refractivity contribution is -0.0691. The Morgan fingerprint density at radius 1 is 1.54 bits per heavy atom. The molecule has 3 rings (SSSR count). The first-order valence-electron chi connectivity index (χ1n) is 8.75. The molecule has 142 valence electrons. The molecule has 2 aromatic heterocycles. The van der Waals surface area contributed by atoms with Crippen LogP contribution in [0.5, 0.6) is 0 Å². The van der Waals surface area contributed by atoms with Gasteiger partial charge in [-0.15, -0.1) is 0 Å². The number of carbonyl (C=O) groups is 1. The molecule has 8 heteroatoms. The topological polar surface area (TPSA) is 68.1 Å². The third-order valence-electron chi connectivity index (χ3n) is 4.43. The summed E-state index contributed by atoms with van der Waals surface area (Å²) in [7, 11) is 3.93. The van der Waals surface area contributed by atoms with Crippen molar-refractivity contribution in [1.82, 2.24) is 19.6 Å². The van der Waals surface area contributed by atoms with Gasteiger partial charge in [0.25, 0.3) is 5.91 Å². The van der Waals surface area contributed by atoms with Gasteiger partial charge in [0.2, 0.25) is 5.95 Å². The van der Waals surface area contributed by atoms with E-state index in [-0.39, 0.29) is 17.8 Å². The molecule has 1 amide bonds. The predicted octanol–water partition coefficient (Wildman–Crippen LogP) is 1.25. The highest BCUT2D eigenvalue weighted by molar-refractivity contribution is 5.93. The standard InChI is InChI=1S/C18H25FN4O3/c1-12-4-6-23-15(10-12)21-16(17(23)19)18(24)20-13-5-8-25-11-14(13)26-9-7-22(2)3/h4,6,10,13-14H,5,7-9,11H2,1-3H3,(H,20,24)/t13-,14-/m1/s1. The highest BCUT2D eigenvalue weighted by atomic mass is 19.1. The number of aryl methyl sites for hydroxylation is 1. The van der Waals surface area contributed by atoms with Gasteiger partial charge in [0.1, 0.15) is 11.8 Å². The maximum atomic E-state index is 14.5. The van der Waals surface area contributed by atoms with Crippen LogP contribution in [0.2, 0.25) is 0 Å². The largest absolute Gasteiger partial charge is 0.379 e. The first-order chi connectivity index (χ1) is 12.5. The Morgan fingerprint density at radius 2 is 2.35 bits per heavy atom. The number of amides is 1. The van der Waals surface area contributed by atoms with Crippen molar-refractivity contribution in [2.24, 2.45) is 0 Å². The molecule has 0 aliphatic carbocycles. The van der Waals surface area contributed by atoms with Crippen LogP contribution in [0.3, 0.4) is 0 Å². The first kappa shape index (κ1) is 18.8. The van der Waals surface area contributed by atoms with Crippen molar-refractivity contribution in [2.45, 2.75) is 25.5 Å². The number of carbonyl (C=O) groups excluding carboxylic acids is 1. The van der Waals surface area contributed by atoms with E-state index in [1.165, 1.54) is 4.40 Å². The second-order valence-electron chi connectivity index (χ2n) is 6.84. The number of rotatable bonds is 6. The second-order valence-corrected chi connectivity index (χ2v) is 6.84. The summed E-state index contributed by atoms with van der Waals surface area (Å²) in [4.78, 5) is 18.7. The molecule has 2 atom stereocenters. The molecule has 3 heterocycles. The highest BCUT2D eigenvalue weighted by Gasteiger charge is 2.30. The van der Waals surface area contributed by atoms with Crippen LogP contribution in [0.15, 0.2) is 18.3 Å². The van der Waals surface area contributed by atoms with E-state index in [1.807, 2.05) is 25.9 Å². The summed E-state index contributed by atoms with van der Waals surface area (Å²) in [6.07, 6.45) is 1.94. The Bertz CT molecular complexity index is 777. The number of hydrogen-bond acceptors (Lipinski definition) is 5. The van der Waals surface area contributed by atoms with Crippen LogP contribution < -0.4 is 5.32 Å². The van der Waals surface area contributed by atoms with Crippen LogP contribution in [0.25, 0.3) is 5.65 Å². The Balaban J connectivity index is 1.70. The number of likely N-dealkylation sites (N-methyl/N-ethyl adjacent to an activating group) is 1. The molecule has 0 saturated carbocycles. The van der Waals surface area contributed by atoms with Crippen molar-refractivity contribution < 1.29 is 18.7 Å². The van der Waals surface area contributed by atoms with Crippen molar-refractivity contribution in [1.29, 1.82) is 0 Å². The minimum Gasteiger partial charge on any atom is -0.379 e. The van der Waals surface area contributed by atoms with Crippen LogP contribution in [0, 0.1) is 12.9 Å². The third kappa shape index (κ3) is 4.20. The quantitative estimate of drug-likeness (QED) is 0.836. The number of fused-ring (bicyclic) bond motifs is 1. The van der Waals surface area contributed by atoms with E-state index in [0.29, 0.717) is 31.9 Å². The minimum atomic E-state index is -0.658. The number of ether oxygens (including phenoxy) is 2. The normalized spacial score (nSPS) is 20.7. The Morgan fingerprint density at radius 3 is 3.12 bits per heavy atom. The van der Waals surface area contributed by atoms with Gasteiger partial charge in [-0.2, -0.15) is 4.39 Å². The molecule has 26 heavy (non-hydrogen) atoms. The van der Waals surface area contributed by atoms with Crippen molar-refractivity contribution in [2.75, 3.05) is 40.5 Å². The van der Waals surface area contributed by atoms with Crippen molar-refractivity contribution in [3.8, 4) is 0 Å². The number of imidazole rings is 1. The molecule has 0 unspecified atom stereocenters. The van der Waals surface area contributed by atoms with Gasteiger partial charge in [0, 0.05) is 19.3 Å². The molecule has 1 aliphatic rings. The number of nitrogens with zero attached hydrogens (tertiary/aromatic N) is 3. The van der Waals surface area contributed by atoms with Gasteiger partial charge in [0.05, 0.1) is 19.3 Å². The van der Waals surface area contributed by atoms with Crippen LogP contribution in [0.1, 0.15) is 22.5 Å². The van der Waals surface area contributed by atoms with Gasteiger partial charge < -0.3 is 19.7 Å². The summed E-state index contributed by atoms with van der Waals surface area (Å²) in [5, 5.41) is 2.87. The molecule has 1 N–H and O–H groups in total. The summed E-state index contributed by atoms with van der Waals surface area (Å²) in [5.41, 5.74) is 1.17. The molecule has 0 radical (unpaired) electrons. The molecule has 1 aliphatic heterocycles. The van der Waals surface area contributed by atoms with Gasteiger partial charge in [-0.3, -0.25) is 9.20 Å². The zero-order valence-electron chi connectivity index (χ0n) is 15.4. The maximum Gasteiger partial charge on any atom is 0.274 e. The first-order valence-corrected chi connectivity index (χ1v) is 8.75. The van der Waals surface area contributed by atoms with Crippen molar-refractivity contribution >= 4 is 11.6 Å². The fourth-order valence-corrected chi connectivity index (χ4v) is 2.93. The average molecular weight is 364 g/mol. The second kappa shape index (κ2) is 8.11. The molecular formula is C18H25FN4O3. The van der Waals surface area contributed by atoms with Gasteiger partial charge >= 0.3 is 0 Å². The van der Waals surface area contributed by atoms with E-state index in [9.17, 15) is 9.18 Å². The summed E-state index contributed by atoms with van der Waals surface area (Å²) in [6, 6.07) is 3.28. The monoisotopic (exact) mass is 364 g/mol. The SMILES string of the molecule is Cc1ccn2c(F)c(C(=O)N[C@@H]3CCOC[C@H]3OCCN(C)C)nc2c1. The van der Waals surface area contributed by atoms with E-state index in [0.717, 1.165) is 12.1 Å². The summed E-state index contributed by atoms with van der Waals surface area (Å²) < 4.78 is 27.1. The average Bonchev–Trinajstić information content (AvgIpc) is 2.92. The van der Waals surface area contributed by atoms with Gasteiger partial charge in [-0.25, -0.2) is 4.98 Å². The van der Waals surface area contributed by atoms with Crippen molar-refractivity contribution in [3.05, 3.63) is 35.5 Å². The number of hydrogen-bond donors (Lipinski definition) is 1. The molecule has 0 spiro atoms. The zero-order valence-corrected chi connectivity index (χ0v) is 15.4. The van der Waals surface area contributed by atoms with Crippen LogP contribution in [-0.2, 0) is 9.47 Å². The predicted molar refractivity (Wildman–Crippen MR) is 94.9 cm³/mol. The smallest absolute Gasteiger partial charge is 0.274 e. The summed E-state index contributed by atoms with van der Waals surface area (Å²) >= 11 is 0. The maximum absolute atomic E-state index is 14.5. The number of nitrogens with one attached hydrogen (secondary N) is 1. The fraction of sp³-hybridized carbons (Fsp3) is 0.556. The summed E-state index contributed by atoms with van der Waals surface area (Å²) in [6.45, 7) is 4.15. The lowest BCUT2D eigenvalue weighted by Crippen LogP contribution is -2.50. The fourth-order valence-electron chi connectivity index (χ4n) is 2.93. The Hall–Kier alpha value is -2.03. The Kier molecular flexibility index (Phi) is 5.85. The van der Waals surface area contributed by atoms with Gasteiger partial charge in [0.15, 0.2) is 5.69 Å². The van der Waals surface area contributed by atoms with Crippen LogP contribution in [-0.4, -0.2) is 72.8 Å². The minimum absolute atomic E-state index is 0.200. The number of pyridine rings is 1. The van der Waals surface area contributed by atoms with E-state index in [2.05, 4.69) is 10.3 Å². The highest BCUT2D eigenvalue weighted by Crippen LogP contribution is 2.16. The third-order valence-corrected chi connectivity index (χ3v) is 4.43. The number of aromatic nitrogens is 2. The van der Waals surface area contributed by atoms with E-state index in [1.54, 1.807) is 18.3 Å². The lowest BCUT2D eigenvalue weighted by atomic mass is 10.1. The van der Waals surface area contributed by atoms with Crippen LogP contribution in [0.4, 0.5) is 4.39 Å². The molecule has 0 bridgehead atoms.